The fourth-order valence-corrected chi connectivity index (χ4v) is 0.863. The largest absolute Gasteiger partial charge is 0.466 e. The van der Waals surface area contributed by atoms with Gasteiger partial charge in [-0.25, -0.2) is 0 Å². The second-order valence-electron chi connectivity index (χ2n) is 3.37. The summed E-state index contributed by atoms with van der Waals surface area (Å²) in [5.74, 6) is -0.211. The van der Waals surface area contributed by atoms with Gasteiger partial charge in [-0.05, 0) is 6.92 Å². The van der Waals surface area contributed by atoms with E-state index < -0.39 is 0 Å². The Hall–Kier alpha value is -0.650. The highest BCUT2D eigenvalue weighted by Gasteiger charge is 2.26. The number of hydrogen-bond donors (Lipinski definition) is 0. The second-order valence-corrected chi connectivity index (χ2v) is 3.37. The first-order chi connectivity index (χ1) is 7.22. The van der Waals surface area contributed by atoms with Crippen molar-refractivity contribution in [3.63, 3.8) is 0 Å². The summed E-state index contributed by atoms with van der Waals surface area (Å²) >= 11 is 0. The second kappa shape index (κ2) is 6.76. The molecule has 0 amide bonds. The highest BCUT2D eigenvalue weighted by molar-refractivity contribution is 5.65. The van der Waals surface area contributed by atoms with Crippen LogP contribution in [-0.2, 0) is 23.7 Å². The van der Waals surface area contributed by atoms with Crippen LogP contribution in [0.1, 0.15) is 13.8 Å². The Morgan fingerprint density at radius 1 is 1.27 bits per heavy atom. The van der Waals surface area contributed by atoms with Crippen molar-refractivity contribution in [1.29, 1.82) is 0 Å². The van der Waals surface area contributed by atoms with Crippen molar-refractivity contribution in [3.05, 3.63) is 0 Å². The molecule has 0 bridgehead atoms. The van der Waals surface area contributed by atoms with Crippen LogP contribution >= 0.6 is 0 Å². The molecule has 2 saturated heterocycles. The topological polar surface area (TPSA) is 60.6 Å². The molecular weight excluding hydrogens is 200 g/mol. The lowest BCUT2D eigenvalue weighted by Crippen LogP contribution is -2.06. The molecule has 2 atom stereocenters. The lowest BCUT2D eigenvalue weighted by Gasteiger charge is -1.95. The number of carbonyl (C=O) groups is 1. The Labute approximate surface area is 89.6 Å². The zero-order valence-electron chi connectivity index (χ0n) is 9.23. The summed E-state index contributed by atoms with van der Waals surface area (Å²) in [6.07, 6.45) is 0.785. The van der Waals surface area contributed by atoms with Crippen molar-refractivity contribution in [2.75, 3.05) is 33.0 Å². The minimum absolute atomic E-state index is 0.211. The molecule has 0 spiro atoms. The quantitative estimate of drug-likeness (QED) is 0.493. The molecule has 5 nitrogen and oxygen atoms in total. The van der Waals surface area contributed by atoms with Crippen LogP contribution in [0.5, 0.6) is 0 Å². The molecule has 0 aromatic heterocycles. The molecule has 15 heavy (non-hydrogen) atoms. The van der Waals surface area contributed by atoms with Gasteiger partial charge in [0.1, 0.15) is 12.2 Å². The number of rotatable bonds is 5. The molecule has 0 aromatic carbocycles. The molecule has 5 heteroatoms. The lowest BCUT2D eigenvalue weighted by molar-refractivity contribution is -0.140. The van der Waals surface area contributed by atoms with Gasteiger partial charge in [0.25, 0.3) is 0 Å². The van der Waals surface area contributed by atoms with Crippen LogP contribution in [0.25, 0.3) is 0 Å². The normalized spacial score (nSPS) is 26.3. The summed E-state index contributed by atoms with van der Waals surface area (Å²) in [5, 5.41) is 0. The average molecular weight is 218 g/mol. The van der Waals surface area contributed by atoms with Gasteiger partial charge in [-0.3, -0.25) is 4.79 Å². The van der Waals surface area contributed by atoms with Crippen molar-refractivity contribution >= 4 is 5.97 Å². The van der Waals surface area contributed by atoms with Crippen LogP contribution in [0.2, 0.25) is 0 Å². The molecule has 88 valence electrons. The zero-order valence-corrected chi connectivity index (χ0v) is 9.23. The first-order valence-electron chi connectivity index (χ1n) is 5.16. The molecule has 0 radical (unpaired) electrons. The molecule has 2 fully saturated rings. The number of ether oxygens (including phenoxy) is 4. The van der Waals surface area contributed by atoms with Crippen LogP contribution in [0.3, 0.4) is 0 Å². The van der Waals surface area contributed by atoms with E-state index in [4.69, 9.17) is 14.2 Å². The van der Waals surface area contributed by atoms with E-state index in [0.717, 1.165) is 26.4 Å². The third-order valence-corrected chi connectivity index (χ3v) is 1.76. The van der Waals surface area contributed by atoms with Gasteiger partial charge in [0.15, 0.2) is 0 Å². The van der Waals surface area contributed by atoms with Crippen LogP contribution in [0.4, 0.5) is 0 Å². The van der Waals surface area contributed by atoms with Gasteiger partial charge in [0.2, 0.25) is 0 Å². The van der Waals surface area contributed by atoms with E-state index in [1.165, 1.54) is 6.92 Å². The van der Waals surface area contributed by atoms with Gasteiger partial charge < -0.3 is 18.9 Å². The standard InChI is InChI=1S/C6H10O3.C4H8O2/c1(5-3-8-5)7-2-6-4-9-6;1-3-6-4(2)5/h5-6H,1-4H2;3H2,1-2H3. The predicted molar refractivity (Wildman–Crippen MR) is 52.6 cm³/mol. The highest BCUT2D eigenvalue weighted by atomic mass is 16.6. The number of hydrogen-bond acceptors (Lipinski definition) is 5. The summed E-state index contributed by atoms with van der Waals surface area (Å²) in [6.45, 7) is 6.91. The molecule has 0 aromatic rings. The van der Waals surface area contributed by atoms with Gasteiger partial charge in [0, 0.05) is 6.92 Å². The van der Waals surface area contributed by atoms with E-state index in [0.29, 0.717) is 18.8 Å². The third kappa shape index (κ3) is 8.35. The first kappa shape index (κ1) is 12.4. The SMILES string of the molecule is C(OCC1CO1)C1CO1.CCOC(C)=O. The van der Waals surface area contributed by atoms with Crippen LogP contribution < -0.4 is 0 Å². The molecule has 2 rings (SSSR count). The first-order valence-corrected chi connectivity index (χ1v) is 5.16. The maximum absolute atomic E-state index is 9.82. The third-order valence-electron chi connectivity index (χ3n) is 1.76. The van der Waals surface area contributed by atoms with Gasteiger partial charge >= 0.3 is 5.97 Å². The Morgan fingerprint density at radius 2 is 1.73 bits per heavy atom. The summed E-state index contributed by atoms with van der Waals surface area (Å²) in [5.41, 5.74) is 0. The number of epoxide rings is 2. The molecular formula is C10H18O5. The predicted octanol–water partition coefficient (Wildman–Crippen LogP) is 0.370. The fourth-order valence-electron chi connectivity index (χ4n) is 0.863. The van der Waals surface area contributed by atoms with E-state index in [1.807, 2.05) is 0 Å². The zero-order chi connectivity index (χ0) is 11.1. The van der Waals surface area contributed by atoms with Crippen LogP contribution in [0, 0.1) is 0 Å². The lowest BCUT2D eigenvalue weighted by atomic mass is 10.5. The minimum atomic E-state index is -0.211. The molecule has 2 unspecified atom stereocenters. The monoisotopic (exact) mass is 218 g/mol. The van der Waals surface area contributed by atoms with Gasteiger partial charge in [-0.1, -0.05) is 0 Å². The maximum atomic E-state index is 9.82. The molecule has 0 aliphatic carbocycles. The van der Waals surface area contributed by atoms with E-state index in [-0.39, 0.29) is 5.97 Å². The van der Waals surface area contributed by atoms with Crippen molar-refractivity contribution in [2.24, 2.45) is 0 Å². The molecule has 0 N–H and O–H groups in total. The van der Waals surface area contributed by atoms with E-state index in [9.17, 15) is 4.79 Å². The minimum Gasteiger partial charge on any atom is -0.466 e. The van der Waals surface area contributed by atoms with Crippen LogP contribution in [0.15, 0.2) is 0 Å². The van der Waals surface area contributed by atoms with E-state index >= 15 is 0 Å². The van der Waals surface area contributed by atoms with Crippen molar-refractivity contribution in [3.8, 4) is 0 Å². The molecule has 2 aliphatic heterocycles. The van der Waals surface area contributed by atoms with E-state index in [1.54, 1.807) is 6.92 Å². The van der Waals surface area contributed by atoms with Crippen molar-refractivity contribution in [2.45, 2.75) is 26.1 Å². The maximum Gasteiger partial charge on any atom is 0.302 e. The van der Waals surface area contributed by atoms with Crippen LogP contribution in [-0.4, -0.2) is 51.2 Å². The Bertz CT molecular complexity index is 174. The Balaban J connectivity index is 0.000000167. The summed E-state index contributed by atoms with van der Waals surface area (Å²) in [6, 6.07) is 0. The molecule has 2 heterocycles. The smallest absolute Gasteiger partial charge is 0.302 e. The Kier molecular flexibility index (Phi) is 5.60. The van der Waals surface area contributed by atoms with Crippen molar-refractivity contribution < 1.29 is 23.7 Å². The van der Waals surface area contributed by atoms with Gasteiger partial charge in [0.05, 0.1) is 33.0 Å². The summed E-state index contributed by atoms with van der Waals surface area (Å²) < 4.78 is 19.5. The average Bonchev–Trinajstić information content (AvgIpc) is 2.99. The fraction of sp³-hybridized carbons (Fsp3) is 0.900. The molecule has 0 saturated carbocycles. The van der Waals surface area contributed by atoms with Gasteiger partial charge in [-0.2, -0.15) is 0 Å². The number of esters is 1. The summed E-state index contributed by atoms with van der Waals surface area (Å²) in [7, 11) is 0. The Morgan fingerprint density at radius 3 is 1.93 bits per heavy atom. The summed E-state index contributed by atoms with van der Waals surface area (Å²) in [4.78, 5) is 9.82. The highest BCUT2D eigenvalue weighted by Crippen LogP contribution is 2.12. The molecule has 2 aliphatic rings. The van der Waals surface area contributed by atoms with Crippen molar-refractivity contribution in [1.82, 2.24) is 0 Å². The number of carbonyl (C=O) groups excluding carboxylic acids is 1. The van der Waals surface area contributed by atoms with Gasteiger partial charge in [-0.15, -0.1) is 0 Å². The van der Waals surface area contributed by atoms with E-state index in [2.05, 4.69) is 4.74 Å².